The lowest BCUT2D eigenvalue weighted by atomic mass is 9.99. The number of rotatable bonds is 5. The van der Waals surface area contributed by atoms with Crippen LogP contribution in [0.5, 0.6) is 0 Å². The summed E-state index contributed by atoms with van der Waals surface area (Å²) >= 11 is 0. The molecule has 2 aromatic heterocycles. The SMILES string of the molecule is COC(=O)c1ccc(NC(=O)Cn2nc(N3CCC(C)CC3)ccc2=O)cn1. The lowest BCUT2D eigenvalue weighted by Gasteiger charge is -2.31. The number of hydrogen-bond donors (Lipinski definition) is 1. The van der Waals surface area contributed by atoms with Gasteiger partial charge >= 0.3 is 5.97 Å². The summed E-state index contributed by atoms with van der Waals surface area (Å²) in [5.74, 6) is 0.416. The van der Waals surface area contributed by atoms with Crippen LogP contribution in [-0.4, -0.2) is 46.8 Å². The van der Waals surface area contributed by atoms with Crippen molar-refractivity contribution in [3.8, 4) is 0 Å². The molecule has 0 unspecified atom stereocenters. The number of carbonyl (C=O) groups is 2. The van der Waals surface area contributed by atoms with Crippen LogP contribution in [0, 0.1) is 5.92 Å². The van der Waals surface area contributed by atoms with Crippen molar-refractivity contribution in [2.45, 2.75) is 26.3 Å². The van der Waals surface area contributed by atoms with E-state index in [2.05, 4.69) is 32.0 Å². The zero-order chi connectivity index (χ0) is 20.1. The third-order valence-corrected chi connectivity index (χ3v) is 4.70. The molecule has 1 saturated heterocycles. The zero-order valence-corrected chi connectivity index (χ0v) is 15.9. The average Bonchev–Trinajstić information content (AvgIpc) is 2.70. The van der Waals surface area contributed by atoms with Gasteiger partial charge in [0, 0.05) is 19.2 Å². The van der Waals surface area contributed by atoms with Crippen molar-refractivity contribution in [2.24, 2.45) is 5.92 Å². The number of esters is 1. The fraction of sp³-hybridized carbons (Fsp3) is 0.421. The normalized spacial score (nSPS) is 14.6. The van der Waals surface area contributed by atoms with Gasteiger partial charge in [-0.2, -0.15) is 5.10 Å². The van der Waals surface area contributed by atoms with Crippen molar-refractivity contribution in [3.05, 3.63) is 46.5 Å². The predicted molar refractivity (Wildman–Crippen MR) is 103 cm³/mol. The fourth-order valence-corrected chi connectivity index (χ4v) is 2.99. The van der Waals surface area contributed by atoms with Gasteiger partial charge in [0.25, 0.3) is 5.56 Å². The highest BCUT2D eigenvalue weighted by atomic mass is 16.5. The fourth-order valence-electron chi connectivity index (χ4n) is 2.99. The second-order valence-corrected chi connectivity index (χ2v) is 6.83. The molecule has 3 rings (SSSR count). The average molecular weight is 385 g/mol. The summed E-state index contributed by atoms with van der Waals surface area (Å²) in [5, 5.41) is 6.98. The number of nitrogens with zero attached hydrogens (tertiary/aromatic N) is 4. The highest BCUT2D eigenvalue weighted by Gasteiger charge is 2.18. The van der Waals surface area contributed by atoms with Crippen LogP contribution in [0.15, 0.2) is 35.3 Å². The van der Waals surface area contributed by atoms with Crippen molar-refractivity contribution < 1.29 is 14.3 Å². The van der Waals surface area contributed by atoms with Crippen LogP contribution in [0.25, 0.3) is 0 Å². The molecule has 1 amide bonds. The predicted octanol–water partition coefficient (Wildman–Crippen LogP) is 1.30. The molecule has 0 aromatic carbocycles. The summed E-state index contributed by atoms with van der Waals surface area (Å²) < 4.78 is 5.73. The summed E-state index contributed by atoms with van der Waals surface area (Å²) in [4.78, 5) is 41.8. The van der Waals surface area contributed by atoms with E-state index >= 15 is 0 Å². The van der Waals surface area contributed by atoms with Crippen molar-refractivity contribution in [2.75, 3.05) is 30.4 Å². The maximum absolute atomic E-state index is 12.3. The number of anilines is 2. The molecule has 0 spiro atoms. The minimum absolute atomic E-state index is 0.141. The second-order valence-electron chi connectivity index (χ2n) is 6.83. The Morgan fingerprint density at radius 3 is 2.61 bits per heavy atom. The lowest BCUT2D eigenvalue weighted by molar-refractivity contribution is -0.117. The number of nitrogens with one attached hydrogen (secondary N) is 1. The molecule has 2 aromatic rings. The molecule has 0 saturated carbocycles. The van der Waals surface area contributed by atoms with Crippen LogP contribution in [0.4, 0.5) is 11.5 Å². The van der Waals surface area contributed by atoms with E-state index in [-0.39, 0.29) is 17.8 Å². The minimum Gasteiger partial charge on any atom is -0.464 e. The first-order chi connectivity index (χ1) is 13.5. The first-order valence-electron chi connectivity index (χ1n) is 9.13. The standard InChI is InChI=1S/C19H23N5O4/c1-13-7-9-23(10-8-13)16-5-6-18(26)24(22-16)12-17(25)21-14-3-4-15(20-11-14)19(27)28-2/h3-6,11,13H,7-10,12H2,1-2H3,(H,21,25). The first kappa shape index (κ1) is 19.5. The van der Waals surface area contributed by atoms with Crippen LogP contribution in [0.3, 0.4) is 0 Å². The quantitative estimate of drug-likeness (QED) is 0.773. The van der Waals surface area contributed by atoms with Gasteiger partial charge in [0.15, 0.2) is 0 Å². The summed E-state index contributed by atoms with van der Waals surface area (Å²) in [6, 6.07) is 6.12. The number of piperidine rings is 1. The number of carbonyl (C=O) groups excluding carboxylic acids is 2. The van der Waals surface area contributed by atoms with Gasteiger partial charge in [-0.1, -0.05) is 6.92 Å². The molecule has 3 heterocycles. The van der Waals surface area contributed by atoms with Gasteiger partial charge in [-0.15, -0.1) is 0 Å². The Hall–Kier alpha value is -3.23. The Kier molecular flexibility index (Phi) is 6.03. The number of amides is 1. The van der Waals surface area contributed by atoms with E-state index in [0.717, 1.165) is 30.6 Å². The van der Waals surface area contributed by atoms with E-state index in [1.807, 2.05) is 0 Å². The van der Waals surface area contributed by atoms with E-state index in [1.54, 1.807) is 12.1 Å². The Bertz CT molecular complexity index is 901. The van der Waals surface area contributed by atoms with Crippen molar-refractivity contribution >= 4 is 23.4 Å². The molecule has 0 aliphatic carbocycles. The number of methoxy groups -OCH3 is 1. The molecule has 0 radical (unpaired) electrons. The summed E-state index contributed by atoms with van der Waals surface area (Å²) in [6.45, 7) is 3.78. The highest BCUT2D eigenvalue weighted by molar-refractivity contribution is 5.91. The molecular weight excluding hydrogens is 362 g/mol. The Labute approximate surface area is 162 Å². The third kappa shape index (κ3) is 4.73. The topological polar surface area (TPSA) is 106 Å². The molecule has 148 valence electrons. The molecule has 1 aliphatic heterocycles. The van der Waals surface area contributed by atoms with Gasteiger partial charge < -0.3 is 15.0 Å². The maximum atomic E-state index is 12.3. The number of ether oxygens (including phenoxy) is 1. The summed E-state index contributed by atoms with van der Waals surface area (Å²) in [5.41, 5.74) is 0.206. The van der Waals surface area contributed by atoms with Crippen LogP contribution in [0.2, 0.25) is 0 Å². The van der Waals surface area contributed by atoms with Gasteiger partial charge in [-0.3, -0.25) is 9.59 Å². The van der Waals surface area contributed by atoms with Crippen LogP contribution < -0.4 is 15.8 Å². The van der Waals surface area contributed by atoms with Crippen molar-refractivity contribution in [1.29, 1.82) is 0 Å². The largest absolute Gasteiger partial charge is 0.464 e. The van der Waals surface area contributed by atoms with E-state index in [0.29, 0.717) is 17.4 Å². The van der Waals surface area contributed by atoms with Gasteiger partial charge in [-0.05, 0) is 37.0 Å². The van der Waals surface area contributed by atoms with Gasteiger partial charge in [0.2, 0.25) is 5.91 Å². The van der Waals surface area contributed by atoms with Crippen LogP contribution in [-0.2, 0) is 16.1 Å². The van der Waals surface area contributed by atoms with Crippen LogP contribution >= 0.6 is 0 Å². The number of pyridine rings is 1. The molecule has 9 nitrogen and oxygen atoms in total. The molecule has 9 heteroatoms. The lowest BCUT2D eigenvalue weighted by Crippen LogP contribution is -2.36. The Morgan fingerprint density at radius 1 is 1.21 bits per heavy atom. The van der Waals surface area contributed by atoms with Crippen molar-refractivity contribution in [1.82, 2.24) is 14.8 Å². The van der Waals surface area contributed by atoms with Gasteiger partial charge in [-0.25, -0.2) is 14.5 Å². The van der Waals surface area contributed by atoms with E-state index < -0.39 is 11.9 Å². The smallest absolute Gasteiger partial charge is 0.356 e. The van der Waals surface area contributed by atoms with Crippen molar-refractivity contribution in [3.63, 3.8) is 0 Å². The molecule has 0 bridgehead atoms. The molecular formula is C19H23N5O4. The monoisotopic (exact) mass is 385 g/mol. The van der Waals surface area contributed by atoms with E-state index in [4.69, 9.17) is 0 Å². The van der Waals surface area contributed by atoms with E-state index in [1.165, 1.54) is 25.4 Å². The number of hydrogen-bond acceptors (Lipinski definition) is 7. The van der Waals surface area contributed by atoms with E-state index in [9.17, 15) is 14.4 Å². The second kappa shape index (κ2) is 8.64. The maximum Gasteiger partial charge on any atom is 0.356 e. The molecule has 0 atom stereocenters. The summed E-state index contributed by atoms with van der Waals surface area (Å²) in [6.07, 6.45) is 3.51. The molecule has 1 fully saturated rings. The third-order valence-electron chi connectivity index (χ3n) is 4.70. The Balaban J connectivity index is 1.65. The highest BCUT2D eigenvalue weighted by Crippen LogP contribution is 2.20. The van der Waals surface area contributed by atoms with Crippen LogP contribution in [0.1, 0.15) is 30.3 Å². The number of aromatic nitrogens is 3. The minimum atomic E-state index is -0.558. The first-order valence-corrected chi connectivity index (χ1v) is 9.13. The Morgan fingerprint density at radius 2 is 1.96 bits per heavy atom. The van der Waals surface area contributed by atoms with Gasteiger partial charge in [0.1, 0.15) is 18.1 Å². The zero-order valence-electron chi connectivity index (χ0n) is 15.9. The molecule has 28 heavy (non-hydrogen) atoms. The summed E-state index contributed by atoms with van der Waals surface area (Å²) in [7, 11) is 1.27. The molecule has 1 N–H and O–H groups in total. The van der Waals surface area contributed by atoms with Gasteiger partial charge in [0.05, 0.1) is 19.0 Å². The molecule has 1 aliphatic rings.